The summed E-state index contributed by atoms with van der Waals surface area (Å²) in [5, 5.41) is 2.80. The van der Waals surface area contributed by atoms with Gasteiger partial charge in [-0.3, -0.25) is 9.88 Å². The maximum atomic E-state index is 11.7. The number of thiazole rings is 1. The van der Waals surface area contributed by atoms with Gasteiger partial charge in [-0.1, -0.05) is 6.07 Å². The van der Waals surface area contributed by atoms with Crippen LogP contribution in [0.15, 0.2) is 29.9 Å². The van der Waals surface area contributed by atoms with Crippen LogP contribution in [-0.2, 0) is 11.3 Å². The van der Waals surface area contributed by atoms with E-state index in [9.17, 15) is 4.79 Å². The number of rotatable bonds is 5. The zero-order valence-electron chi connectivity index (χ0n) is 12.6. The number of hydrogen-bond donors (Lipinski definition) is 0. The summed E-state index contributed by atoms with van der Waals surface area (Å²) in [5.74, 6) is -0.332. The zero-order chi connectivity index (χ0) is 15.4. The van der Waals surface area contributed by atoms with Crippen LogP contribution in [0.5, 0.6) is 0 Å². The predicted octanol–water partition coefficient (Wildman–Crippen LogP) is 3.05. The second-order valence-corrected chi connectivity index (χ2v) is 6.17. The molecule has 0 bridgehead atoms. The average molecular weight is 317 g/mol. The largest absolute Gasteiger partial charge is 0.461 e. The van der Waals surface area contributed by atoms with E-state index < -0.39 is 0 Å². The van der Waals surface area contributed by atoms with E-state index in [1.807, 2.05) is 12.3 Å². The summed E-state index contributed by atoms with van der Waals surface area (Å²) in [6.07, 6.45) is 5.92. The number of carbonyl (C=O) groups is 1. The van der Waals surface area contributed by atoms with Crippen LogP contribution in [0.4, 0.5) is 0 Å². The summed E-state index contributed by atoms with van der Waals surface area (Å²) in [7, 11) is 0. The lowest BCUT2D eigenvalue weighted by Gasteiger charge is -2.22. The Hall–Kier alpha value is -1.79. The molecular weight excluding hydrogens is 298 g/mol. The highest BCUT2D eigenvalue weighted by molar-refractivity contribution is 7.09. The summed E-state index contributed by atoms with van der Waals surface area (Å²) in [6.45, 7) is 4.10. The third-order valence-electron chi connectivity index (χ3n) is 3.76. The third-order valence-corrected chi connectivity index (χ3v) is 4.71. The topological polar surface area (TPSA) is 55.3 Å². The number of nitrogens with zero attached hydrogens (tertiary/aromatic N) is 3. The van der Waals surface area contributed by atoms with Gasteiger partial charge in [0, 0.05) is 24.3 Å². The molecule has 1 fully saturated rings. The van der Waals surface area contributed by atoms with Gasteiger partial charge in [0.25, 0.3) is 0 Å². The van der Waals surface area contributed by atoms with Gasteiger partial charge in [-0.25, -0.2) is 9.78 Å². The van der Waals surface area contributed by atoms with Gasteiger partial charge < -0.3 is 4.74 Å². The fourth-order valence-corrected chi connectivity index (χ4v) is 3.72. The monoisotopic (exact) mass is 317 g/mol. The van der Waals surface area contributed by atoms with Crippen LogP contribution in [0.25, 0.3) is 0 Å². The fraction of sp³-hybridized carbons (Fsp3) is 0.438. The van der Waals surface area contributed by atoms with E-state index in [-0.39, 0.29) is 12.0 Å². The van der Waals surface area contributed by atoms with Crippen LogP contribution in [0, 0.1) is 0 Å². The molecule has 1 aliphatic heterocycles. The molecule has 0 spiro atoms. The van der Waals surface area contributed by atoms with Crippen molar-refractivity contribution in [3.05, 3.63) is 46.2 Å². The summed E-state index contributed by atoms with van der Waals surface area (Å²) >= 11 is 1.55. The van der Waals surface area contributed by atoms with Crippen LogP contribution < -0.4 is 0 Å². The number of hydrogen-bond acceptors (Lipinski definition) is 6. The van der Waals surface area contributed by atoms with E-state index >= 15 is 0 Å². The molecule has 0 amide bonds. The Kier molecular flexibility index (Phi) is 4.80. The number of esters is 1. The van der Waals surface area contributed by atoms with Crippen LogP contribution in [0.2, 0.25) is 0 Å². The number of carbonyl (C=O) groups excluding carboxylic acids is 1. The van der Waals surface area contributed by atoms with E-state index in [0.717, 1.165) is 30.9 Å². The standard InChI is InChI=1S/C16H19N3O2S/c1-2-21-16(20)13-11-22-15(18-13)14-6-4-8-19(14)10-12-5-3-7-17-9-12/h3,5,7,9,11,14H,2,4,6,8,10H2,1H3/t14-/m1/s1. The highest BCUT2D eigenvalue weighted by atomic mass is 32.1. The van der Waals surface area contributed by atoms with E-state index in [0.29, 0.717) is 12.3 Å². The molecule has 1 atom stereocenters. The first kappa shape index (κ1) is 15.1. The van der Waals surface area contributed by atoms with E-state index in [4.69, 9.17) is 4.74 Å². The van der Waals surface area contributed by atoms with Crippen molar-refractivity contribution in [3.63, 3.8) is 0 Å². The predicted molar refractivity (Wildman–Crippen MR) is 84.7 cm³/mol. The molecule has 0 N–H and O–H groups in total. The lowest BCUT2D eigenvalue weighted by molar-refractivity contribution is 0.0520. The molecule has 2 aromatic rings. The first-order chi connectivity index (χ1) is 10.8. The summed E-state index contributed by atoms with van der Waals surface area (Å²) in [5.41, 5.74) is 1.63. The Morgan fingerprint density at radius 2 is 2.45 bits per heavy atom. The van der Waals surface area contributed by atoms with Crippen molar-refractivity contribution >= 4 is 17.3 Å². The van der Waals surface area contributed by atoms with Crippen molar-refractivity contribution in [1.82, 2.24) is 14.9 Å². The van der Waals surface area contributed by atoms with Crippen molar-refractivity contribution in [2.24, 2.45) is 0 Å². The Bertz CT molecular complexity index is 629. The molecule has 0 aromatic carbocycles. The Morgan fingerprint density at radius 1 is 1.55 bits per heavy atom. The zero-order valence-corrected chi connectivity index (χ0v) is 13.4. The van der Waals surface area contributed by atoms with Gasteiger partial charge in [0.2, 0.25) is 0 Å². The molecule has 5 nitrogen and oxygen atoms in total. The van der Waals surface area contributed by atoms with Gasteiger partial charge in [-0.2, -0.15) is 0 Å². The van der Waals surface area contributed by atoms with Gasteiger partial charge in [0.15, 0.2) is 5.69 Å². The normalized spacial score (nSPS) is 18.5. The minimum atomic E-state index is -0.332. The average Bonchev–Trinajstić information content (AvgIpc) is 3.17. The minimum absolute atomic E-state index is 0.286. The molecule has 1 saturated heterocycles. The summed E-state index contributed by atoms with van der Waals surface area (Å²) in [6, 6.07) is 4.34. The number of pyridine rings is 1. The first-order valence-electron chi connectivity index (χ1n) is 7.53. The van der Waals surface area contributed by atoms with Crippen LogP contribution in [-0.4, -0.2) is 34.0 Å². The van der Waals surface area contributed by atoms with Crippen LogP contribution in [0.3, 0.4) is 0 Å². The molecule has 0 unspecified atom stereocenters. The first-order valence-corrected chi connectivity index (χ1v) is 8.41. The highest BCUT2D eigenvalue weighted by Crippen LogP contribution is 2.34. The van der Waals surface area contributed by atoms with E-state index in [2.05, 4.69) is 20.9 Å². The molecule has 116 valence electrons. The lowest BCUT2D eigenvalue weighted by Crippen LogP contribution is -2.22. The second-order valence-electron chi connectivity index (χ2n) is 5.28. The Balaban J connectivity index is 1.72. The quantitative estimate of drug-likeness (QED) is 0.793. The van der Waals surface area contributed by atoms with Gasteiger partial charge >= 0.3 is 5.97 Å². The summed E-state index contributed by atoms with van der Waals surface area (Å²) < 4.78 is 5.01. The minimum Gasteiger partial charge on any atom is -0.461 e. The number of aromatic nitrogens is 2. The molecule has 0 radical (unpaired) electrons. The van der Waals surface area contributed by atoms with Crippen LogP contribution >= 0.6 is 11.3 Å². The SMILES string of the molecule is CCOC(=O)c1csc([C@H]2CCCN2Cc2cccnc2)n1. The van der Waals surface area contributed by atoms with E-state index in [1.54, 1.807) is 29.8 Å². The molecule has 0 aliphatic carbocycles. The van der Waals surface area contributed by atoms with Crippen molar-refractivity contribution in [1.29, 1.82) is 0 Å². The van der Waals surface area contributed by atoms with Crippen LogP contribution in [0.1, 0.15) is 46.9 Å². The fourth-order valence-electron chi connectivity index (χ4n) is 2.76. The molecule has 3 rings (SSSR count). The van der Waals surface area contributed by atoms with Gasteiger partial charge in [-0.15, -0.1) is 11.3 Å². The number of ether oxygens (including phenoxy) is 1. The molecular formula is C16H19N3O2S. The Labute approximate surface area is 134 Å². The molecule has 22 heavy (non-hydrogen) atoms. The molecule has 6 heteroatoms. The smallest absolute Gasteiger partial charge is 0.357 e. The maximum absolute atomic E-state index is 11.7. The van der Waals surface area contributed by atoms with Gasteiger partial charge in [-0.05, 0) is 37.9 Å². The second kappa shape index (κ2) is 6.98. The third kappa shape index (κ3) is 3.34. The van der Waals surface area contributed by atoms with Gasteiger partial charge in [0.1, 0.15) is 5.01 Å². The lowest BCUT2D eigenvalue weighted by atomic mass is 10.2. The number of likely N-dealkylation sites (tertiary alicyclic amines) is 1. The van der Waals surface area contributed by atoms with Crippen molar-refractivity contribution < 1.29 is 9.53 Å². The molecule has 1 aliphatic rings. The van der Waals surface area contributed by atoms with Crippen molar-refractivity contribution in [2.45, 2.75) is 32.4 Å². The van der Waals surface area contributed by atoms with E-state index in [1.165, 1.54) is 5.56 Å². The molecule has 3 heterocycles. The van der Waals surface area contributed by atoms with Crippen molar-refractivity contribution in [3.8, 4) is 0 Å². The highest BCUT2D eigenvalue weighted by Gasteiger charge is 2.29. The molecule has 2 aromatic heterocycles. The van der Waals surface area contributed by atoms with Crippen molar-refractivity contribution in [2.75, 3.05) is 13.2 Å². The molecule has 0 saturated carbocycles. The Morgan fingerprint density at radius 3 is 3.23 bits per heavy atom. The maximum Gasteiger partial charge on any atom is 0.357 e. The summed E-state index contributed by atoms with van der Waals surface area (Å²) in [4.78, 5) is 22.8. The van der Waals surface area contributed by atoms with Gasteiger partial charge in [0.05, 0.1) is 12.6 Å².